The Morgan fingerprint density at radius 3 is 2.92 bits per heavy atom. The molecule has 0 aliphatic rings. The summed E-state index contributed by atoms with van der Waals surface area (Å²) < 4.78 is 1.78. The lowest BCUT2D eigenvalue weighted by Gasteiger charge is -1.98. The van der Waals surface area contributed by atoms with E-state index >= 15 is 0 Å². The fourth-order valence-electron chi connectivity index (χ4n) is 1.04. The van der Waals surface area contributed by atoms with Gasteiger partial charge in [0.1, 0.15) is 0 Å². The number of anilines is 1. The van der Waals surface area contributed by atoms with Crippen molar-refractivity contribution in [3.8, 4) is 0 Å². The van der Waals surface area contributed by atoms with Gasteiger partial charge in [-0.3, -0.25) is 9.48 Å². The van der Waals surface area contributed by atoms with Gasteiger partial charge in [-0.25, -0.2) is 0 Å². The zero-order chi connectivity index (χ0) is 9.68. The van der Waals surface area contributed by atoms with Crippen molar-refractivity contribution in [1.29, 1.82) is 0 Å². The Labute approximate surface area is 77.9 Å². The Morgan fingerprint density at radius 2 is 2.38 bits per heavy atom. The maximum Gasteiger partial charge on any atom is 0.225 e. The molecule has 72 valence electrons. The molecular weight excluding hydrogens is 166 g/mol. The Bertz CT molecular complexity index is 280. The number of aromatic nitrogens is 2. The molecule has 0 aromatic carbocycles. The summed E-state index contributed by atoms with van der Waals surface area (Å²) in [6.45, 7) is 4.80. The maximum atomic E-state index is 11.1. The van der Waals surface area contributed by atoms with Crippen molar-refractivity contribution in [2.75, 3.05) is 5.32 Å². The third-order valence-electron chi connectivity index (χ3n) is 1.71. The first-order valence-corrected chi connectivity index (χ1v) is 4.59. The number of carbonyl (C=O) groups is 1. The van der Waals surface area contributed by atoms with Crippen molar-refractivity contribution in [3.05, 3.63) is 12.3 Å². The van der Waals surface area contributed by atoms with E-state index in [4.69, 9.17) is 0 Å². The van der Waals surface area contributed by atoms with Crippen LogP contribution >= 0.6 is 0 Å². The normalized spacial score (nSPS) is 10.0. The van der Waals surface area contributed by atoms with Crippen LogP contribution in [0.3, 0.4) is 0 Å². The van der Waals surface area contributed by atoms with Gasteiger partial charge in [0.15, 0.2) is 5.82 Å². The molecule has 1 amide bonds. The van der Waals surface area contributed by atoms with E-state index in [1.54, 1.807) is 10.7 Å². The number of nitrogens with zero attached hydrogens (tertiary/aromatic N) is 2. The number of aryl methyl sites for hydroxylation is 1. The summed E-state index contributed by atoms with van der Waals surface area (Å²) in [5.74, 6) is 0.671. The number of nitrogens with one attached hydrogen (secondary N) is 1. The number of hydrogen-bond acceptors (Lipinski definition) is 2. The minimum Gasteiger partial charge on any atom is -0.309 e. The van der Waals surface area contributed by atoms with Crippen LogP contribution < -0.4 is 5.32 Å². The smallest absolute Gasteiger partial charge is 0.225 e. The molecule has 0 radical (unpaired) electrons. The zero-order valence-corrected chi connectivity index (χ0v) is 8.08. The van der Waals surface area contributed by atoms with Crippen molar-refractivity contribution in [3.63, 3.8) is 0 Å². The monoisotopic (exact) mass is 181 g/mol. The highest BCUT2D eigenvalue weighted by Gasteiger charge is 2.02. The summed E-state index contributed by atoms with van der Waals surface area (Å²) in [4.78, 5) is 11.1. The van der Waals surface area contributed by atoms with Crippen molar-refractivity contribution >= 4 is 11.7 Å². The summed E-state index contributed by atoms with van der Waals surface area (Å²) in [7, 11) is 0. The van der Waals surface area contributed by atoms with Crippen LogP contribution in [-0.2, 0) is 11.3 Å². The summed E-state index contributed by atoms with van der Waals surface area (Å²) in [6.07, 6.45) is 3.26. The van der Waals surface area contributed by atoms with E-state index in [1.807, 2.05) is 20.0 Å². The largest absolute Gasteiger partial charge is 0.309 e. The third kappa shape index (κ3) is 2.89. The molecule has 1 aromatic rings. The highest BCUT2D eigenvalue weighted by atomic mass is 16.1. The van der Waals surface area contributed by atoms with E-state index in [-0.39, 0.29) is 5.91 Å². The predicted octanol–water partition coefficient (Wildman–Crippen LogP) is 1.64. The molecule has 0 saturated carbocycles. The lowest BCUT2D eigenvalue weighted by molar-refractivity contribution is -0.116. The van der Waals surface area contributed by atoms with Crippen LogP contribution in [0.1, 0.15) is 26.7 Å². The van der Waals surface area contributed by atoms with Crippen molar-refractivity contribution < 1.29 is 4.79 Å². The van der Waals surface area contributed by atoms with E-state index in [2.05, 4.69) is 10.4 Å². The molecule has 0 aliphatic carbocycles. The van der Waals surface area contributed by atoms with Crippen LogP contribution in [0.4, 0.5) is 5.82 Å². The molecule has 0 saturated heterocycles. The molecule has 1 rings (SSSR count). The molecule has 4 heteroatoms. The fraction of sp³-hybridized carbons (Fsp3) is 0.556. The molecule has 0 fully saturated rings. The molecule has 4 nitrogen and oxygen atoms in total. The molecule has 1 N–H and O–H groups in total. The Hall–Kier alpha value is -1.32. The number of carbonyl (C=O) groups excluding carboxylic acids is 1. The van der Waals surface area contributed by atoms with Crippen LogP contribution in [-0.4, -0.2) is 15.7 Å². The Kier molecular flexibility index (Phi) is 3.49. The second-order valence-corrected chi connectivity index (χ2v) is 2.85. The lowest BCUT2D eigenvalue weighted by Crippen LogP contribution is -2.11. The number of rotatable bonds is 4. The van der Waals surface area contributed by atoms with Gasteiger partial charge in [0.2, 0.25) is 5.91 Å². The Morgan fingerprint density at radius 1 is 1.62 bits per heavy atom. The van der Waals surface area contributed by atoms with Gasteiger partial charge in [-0.2, -0.15) is 5.10 Å². The van der Waals surface area contributed by atoms with Gasteiger partial charge in [0, 0.05) is 25.2 Å². The molecule has 0 unspecified atom stereocenters. The van der Waals surface area contributed by atoms with E-state index in [1.165, 1.54) is 0 Å². The van der Waals surface area contributed by atoms with E-state index in [0.717, 1.165) is 13.0 Å². The van der Waals surface area contributed by atoms with E-state index in [9.17, 15) is 4.79 Å². The fourth-order valence-corrected chi connectivity index (χ4v) is 1.04. The first kappa shape index (κ1) is 9.77. The van der Waals surface area contributed by atoms with Gasteiger partial charge < -0.3 is 5.32 Å². The second kappa shape index (κ2) is 4.64. The molecule has 1 aromatic heterocycles. The lowest BCUT2D eigenvalue weighted by atomic mass is 10.3. The highest BCUT2D eigenvalue weighted by molar-refractivity contribution is 5.89. The van der Waals surface area contributed by atoms with Crippen LogP contribution in [0.25, 0.3) is 0 Å². The van der Waals surface area contributed by atoms with Crippen molar-refractivity contribution in [2.24, 2.45) is 0 Å². The average Bonchev–Trinajstić information content (AvgIpc) is 2.52. The first-order valence-electron chi connectivity index (χ1n) is 4.59. The summed E-state index contributed by atoms with van der Waals surface area (Å²) >= 11 is 0. The predicted molar refractivity (Wildman–Crippen MR) is 51.4 cm³/mol. The summed E-state index contributed by atoms with van der Waals surface area (Å²) in [5.41, 5.74) is 0. The number of hydrogen-bond donors (Lipinski definition) is 1. The molecule has 0 aliphatic heterocycles. The van der Waals surface area contributed by atoms with Gasteiger partial charge in [-0.15, -0.1) is 0 Å². The highest BCUT2D eigenvalue weighted by Crippen LogP contribution is 2.03. The molecular formula is C9H15N3O. The average molecular weight is 181 g/mol. The van der Waals surface area contributed by atoms with Crippen LogP contribution in [0.2, 0.25) is 0 Å². The molecule has 0 bridgehead atoms. The minimum atomic E-state index is 0.0313. The SMILES string of the molecule is CCCC(=O)Nc1ccn(CC)n1. The van der Waals surface area contributed by atoms with Gasteiger partial charge in [0.25, 0.3) is 0 Å². The van der Waals surface area contributed by atoms with Crippen LogP contribution in [0, 0.1) is 0 Å². The van der Waals surface area contributed by atoms with Crippen LogP contribution in [0.5, 0.6) is 0 Å². The maximum absolute atomic E-state index is 11.1. The summed E-state index contributed by atoms with van der Waals surface area (Å²) in [5, 5.41) is 6.86. The van der Waals surface area contributed by atoms with Crippen molar-refractivity contribution in [2.45, 2.75) is 33.2 Å². The van der Waals surface area contributed by atoms with Gasteiger partial charge in [0.05, 0.1) is 0 Å². The zero-order valence-electron chi connectivity index (χ0n) is 8.08. The van der Waals surface area contributed by atoms with E-state index < -0.39 is 0 Å². The molecule has 13 heavy (non-hydrogen) atoms. The quantitative estimate of drug-likeness (QED) is 0.767. The summed E-state index contributed by atoms with van der Waals surface area (Å²) in [6, 6.07) is 1.80. The van der Waals surface area contributed by atoms with E-state index in [0.29, 0.717) is 12.2 Å². The number of amides is 1. The molecule has 1 heterocycles. The van der Waals surface area contributed by atoms with Crippen LogP contribution in [0.15, 0.2) is 12.3 Å². The van der Waals surface area contributed by atoms with Crippen molar-refractivity contribution in [1.82, 2.24) is 9.78 Å². The topological polar surface area (TPSA) is 46.9 Å². The van der Waals surface area contributed by atoms with Gasteiger partial charge >= 0.3 is 0 Å². The second-order valence-electron chi connectivity index (χ2n) is 2.85. The van der Waals surface area contributed by atoms with Gasteiger partial charge in [-0.1, -0.05) is 6.92 Å². The molecule has 0 spiro atoms. The minimum absolute atomic E-state index is 0.0313. The Balaban J connectivity index is 2.49. The third-order valence-corrected chi connectivity index (χ3v) is 1.71. The van der Waals surface area contributed by atoms with Gasteiger partial charge in [-0.05, 0) is 13.3 Å². The first-order chi connectivity index (χ1) is 6.26. The standard InChI is InChI=1S/C9H15N3O/c1-3-5-9(13)10-8-6-7-12(4-2)11-8/h6-7H,3-5H2,1-2H3,(H,10,11,13). The molecule has 0 atom stereocenters.